The predicted octanol–water partition coefficient (Wildman–Crippen LogP) is 0.275. The molecule has 3 rings (SSSR count). The van der Waals surface area contributed by atoms with Crippen LogP contribution in [-0.2, 0) is 11.3 Å². The maximum atomic E-state index is 5.26. The van der Waals surface area contributed by atoms with Crippen LogP contribution in [-0.4, -0.2) is 39.5 Å². The molecular weight excluding hydrogens is 206 g/mol. The Kier molecular flexibility index (Phi) is 2.61. The van der Waals surface area contributed by atoms with Gasteiger partial charge in [0, 0.05) is 13.2 Å². The van der Waals surface area contributed by atoms with E-state index >= 15 is 0 Å². The highest BCUT2D eigenvalue weighted by atomic mass is 16.5. The van der Waals surface area contributed by atoms with Crippen molar-refractivity contribution in [3.05, 3.63) is 5.82 Å². The second-order valence-electron chi connectivity index (χ2n) is 4.68. The van der Waals surface area contributed by atoms with Gasteiger partial charge in [0.25, 0.3) is 0 Å². The first-order chi connectivity index (χ1) is 7.86. The average molecular weight is 223 g/mol. The van der Waals surface area contributed by atoms with E-state index in [1.165, 1.54) is 12.8 Å². The summed E-state index contributed by atoms with van der Waals surface area (Å²) in [6.07, 6.45) is 5.02. The van der Waals surface area contributed by atoms with Gasteiger partial charge >= 0.3 is 0 Å². The highest BCUT2D eigenvalue weighted by Crippen LogP contribution is 2.33. The zero-order valence-corrected chi connectivity index (χ0v) is 9.46. The van der Waals surface area contributed by atoms with Crippen molar-refractivity contribution < 1.29 is 4.74 Å². The summed E-state index contributed by atoms with van der Waals surface area (Å²) in [6.45, 7) is 0.784. The lowest BCUT2D eigenvalue weighted by atomic mass is 9.89. The number of nitrogens with zero attached hydrogens (tertiary/aromatic N) is 4. The fraction of sp³-hybridized carbons (Fsp3) is 0.900. The number of aromatic nitrogens is 4. The third kappa shape index (κ3) is 1.94. The van der Waals surface area contributed by atoms with E-state index in [2.05, 4.69) is 20.8 Å². The van der Waals surface area contributed by atoms with E-state index in [0.717, 1.165) is 25.2 Å². The van der Waals surface area contributed by atoms with Crippen molar-refractivity contribution in [1.29, 1.82) is 0 Å². The van der Waals surface area contributed by atoms with E-state index in [9.17, 15) is 0 Å². The number of hydrogen-bond donors (Lipinski definition) is 1. The Bertz CT molecular complexity index is 356. The molecule has 1 aromatic heterocycles. The second-order valence-corrected chi connectivity index (χ2v) is 4.68. The van der Waals surface area contributed by atoms with Crippen LogP contribution in [0.2, 0.25) is 0 Å². The van der Waals surface area contributed by atoms with Gasteiger partial charge in [0.2, 0.25) is 0 Å². The minimum Gasteiger partial charge on any atom is -0.381 e. The first-order valence-corrected chi connectivity index (χ1v) is 5.89. The van der Waals surface area contributed by atoms with Gasteiger partial charge in [-0.05, 0) is 36.1 Å². The first-order valence-electron chi connectivity index (χ1n) is 5.89. The summed E-state index contributed by atoms with van der Waals surface area (Å²) in [5, 5.41) is 15.3. The highest BCUT2D eigenvalue weighted by Gasteiger charge is 2.33. The number of rotatable bonds is 5. The molecule has 2 aliphatic carbocycles. The molecule has 0 aliphatic heterocycles. The minimum atomic E-state index is 0.387. The summed E-state index contributed by atoms with van der Waals surface area (Å²) in [4.78, 5) is 0. The predicted molar refractivity (Wildman–Crippen MR) is 56.7 cm³/mol. The van der Waals surface area contributed by atoms with Crippen LogP contribution in [0.1, 0.15) is 37.5 Å². The Morgan fingerprint density at radius 1 is 1.44 bits per heavy atom. The van der Waals surface area contributed by atoms with E-state index in [-0.39, 0.29) is 0 Å². The van der Waals surface area contributed by atoms with Gasteiger partial charge < -0.3 is 10.1 Å². The van der Waals surface area contributed by atoms with Crippen LogP contribution in [0.15, 0.2) is 0 Å². The van der Waals surface area contributed by atoms with E-state index < -0.39 is 0 Å². The van der Waals surface area contributed by atoms with Crippen molar-refractivity contribution in [2.24, 2.45) is 0 Å². The summed E-state index contributed by atoms with van der Waals surface area (Å²) in [5.41, 5.74) is 0. The number of nitrogens with one attached hydrogen (secondary N) is 1. The Balaban J connectivity index is 1.59. The smallest absolute Gasteiger partial charge is 0.165 e. The van der Waals surface area contributed by atoms with Crippen LogP contribution < -0.4 is 5.32 Å². The fourth-order valence-electron chi connectivity index (χ4n) is 2.07. The van der Waals surface area contributed by atoms with Crippen molar-refractivity contribution in [3.63, 3.8) is 0 Å². The van der Waals surface area contributed by atoms with Gasteiger partial charge in [-0.1, -0.05) is 0 Å². The number of methoxy groups -OCH3 is 1. The molecule has 1 N–H and O–H groups in total. The largest absolute Gasteiger partial charge is 0.381 e. The third-order valence-electron chi connectivity index (χ3n) is 3.44. The maximum absolute atomic E-state index is 5.26. The fourth-order valence-corrected chi connectivity index (χ4v) is 2.07. The zero-order valence-electron chi connectivity index (χ0n) is 9.46. The molecule has 0 bridgehead atoms. The van der Waals surface area contributed by atoms with Gasteiger partial charge in [-0.15, -0.1) is 5.10 Å². The van der Waals surface area contributed by atoms with Crippen LogP contribution in [0.25, 0.3) is 0 Å². The van der Waals surface area contributed by atoms with Crippen LogP contribution in [0.5, 0.6) is 0 Å². The van der Waals surface area contributed by atoms with Crippen LogP contribution in [0.3, 0.4) is 0 Å². The Morgan fingerprint density at radius 3 is 2.94 bits per heavy atom. The van der Waals surface area contributed by atoms with Gasteiger partial charge in [0.15, 0.2) is 5.82 Å². The van der Waals surface area contributed by atoms with Crippen LogP contribution in [0.4, 0.5) is 0 Å². The number of tetrazole rings is 1. The standard InChI is InChI=1S/C10H17N5O/c1-16-9-4-8(5-9)15-10(12-13-14-15)6-11-7-2-3-7/h7-9,11H,2-6H2,1H3. The van der Waals surface area contributed by atoms with Crippen LogP contribution >= 0.6 is 0 Å². The zero-order chi connectivity index (χ0) is 11.0. The van der Waals surface area contributed by atoms with Crippen molar-refractivity contribution in [1.82, 2.24) is 25.5 Å². The molecule has 2 fully saturated rings. The van der Waals surface area contributed by atoms with E-state index in [1.807, 2.05) is 4.68 Å². The lowest BCUT2D eigenvalue weighted by Crippen LogP contribution is -2.34. The van der Waals surface area contributed by atoms with Crippen LogP contribution in [0, 0.1) is 0 Å². The number of ether oxygens (including phenoxy) is 1. The molecule has 0 amide bonds. The molecule has 2 saturated carbocycles. The van der Waals surface area contributed by atoms with Gasteiger partial charge in [0.1, 0.15) is 0 Å². The molecule has 0 atom stereocenters. The second kappa shape index (κ2) is 4.10. The first kappa shape index (κ1) is 10.2. The maximum Gasteiger partial charge on any atom is 0.165 e. The molecule has 0 saturated heterocycles. The van der Waals surface area contributed by atoms with E-state index in [1.54, 1.807) is 7.11 Å². The highest BCUT2D eigenvalue weighted by molar-refractivity contribution is 4.93. The van der Waals surface area contributed by atoms with Gasteiger partial charge in [-0.2, -0.15) is 0 Å². The quantitative estimate of drug-likeness (QED) is 0.776. The summed E-state index contributed by atoms with van der Waals surface area (Å²) < 4.78 is 7.21. The van der Waals surface area contributed by atoms with E-state index in [0.29, 0.717) is 18.2 Å². The summed E-state index contributed by atoms with van der Waals surface area (Å²) in [7, 11) is 1.76. The molecule has 0 unspecified atom stereocenters. The molecule has 0 radical (unpaired) electrons. The molecule has 0 aromatic carbocycles. The topological polar surface area (TPSA) is 64.9 Å². The van der Waals surface area contributed by atoms with Crippen molar-refractivity contribution in [2.75, 3.05) is 7.11 Å². The molecule has 1 aromatic rings. The lowest BCUT2D eigenvalue weighted by Gasteiger charge is -2.34. The summed E-state index contributed by atoms with van der Waals surface area (Å²) in [5.74, 6) is 0.950. The van der Waals surface area contributed by atoms with Crippen molar-refractivity contribution in [2.45, 2.75) is 50.4 Å². The molecular formula is C10H17N5O. The van der Waals surface area contributed by atoms with Crippen molar-refractivity contribution in [3.8, 4) is 0 Å². The summed E-state index contributed by atoms with van der Waals surface area (Å²) >= 11 is 0. The lowest BCUT2D eigenvalue weighted by molar-refractivity contribution is 0.000947. The molecule has 1 heterocycles. The van der Waals surface area contributed by atoms with Gasteiger partial charge in [-0.3, -0.25) is 0 Å². The molecule has 6 nitrogen and oxygen atoms in total. The monoisotopic (exact) mass is 223 g/mol. The molecule has 6 heteroatoms. The minimum absolute atomic E-state index is 0.387. The number of hydrogen-bond acceptors (Lipinski definition) is 5. The Hall–Kier alpha value is -1.01. The average Bonchev–Trinajstić information content (AvgIpc) is 2.95. The molecule has 88 valence electrons. The molecule has 2 aliphatic rings. The Morgan fingerprint density at radius 2 is 2.25 bits per heavy atom. The van der Waals surface area contributed by atoms with Crippen molar-refractivity contribution >= 4 is 0 Å². The molecule has 16 heavy (non-hydrogen) atoms. The van der Waals surface area contributed by atoms with Gasteiger partial charge in [0.05, 0.1) is 18.7 Å². The third-order valence-corrected chi connectivity index (χ3v) is 3.44. The summed E-state index contributed by atoms with van der Waals surface area (Å²) in [6, 6.07) is 1.12. The van der Waals surface area contributed by atoms with Gasteiger partial charge in [-0.25, -0.2) is 4.68 Å². The SMILES string of the molecule is COC1CC(n2nnnc2CNC2CC2)C1. The Labute approximate surface area is 94.4 Å². The normalized spacial score (nSPS) is 29.1. The molecule has 0 spiro atoms. The van der Waals surface area contributed by atoms with E-state index in [4.69, 9.17) is 4.74 Å².